The summed E-state index contributed by atoms with van der Waals surface area (Å²) in [7, 11) is 0. The summed E-state index contributed by atoms with van der Waals surface area (Å²) in [5.41, 5.74) is 0. The molecule has 0 aliphatic heterocycles. The minimum atomic E-state index is 0.385. The van der Waals surface area contributed by atoms with E-state index in [0.29, 0.717) is 6.61 Å². The van der Waals surface area contributed by atoms with Crippen LogP contribution in [0.1, 0.15) is 32.1 Å². The van der Waals surface area contributed by atoms with Crippen LogP contribution in [0.15, 0.2) is 0 Å². The Morgan fingerprint density at radius 1 is 1.38 bits per heavy atom. The summed E-state index contributed by atoms with van der Waals surface area (Å²) < 4.78 is 0. The molecule has 0 atom stereocenters. The molecule has 1 aliphatic rings. The number of hydrogen-bond donors (Lipinski definition) is 1. The van der Waals surface area contributed by atoms with Gasteiger partial charge in [0, 0.05) is 6.61 Å². The average molecular weight is 114 g/mol. The Hall–Kier alpha value is -0.0400. The molecule has 0 amide bonds. The summed E-state index contributed by atoms with van der Waals surface area (Å²) in [6, 6.07) is 0. The summed E-state index contributed by atoms with van der Waals surface area (Å²) in [4.78, 5) is 0. The lowest BCUT2D eigenvalue weighted by Crippen LogP contribution is -2.10. The minimum absolute atomic E-state index is 0.385. The van der Waals surface area contributed by atoms with Crippen LogP contribution in [0.3, 0.4) is 0 Å². The Morgan fingerprint density at radius 3 is 2.50 bits per heavy atom. The first-order valence-electron chi connectivity index (χ1n) is 3.54. The Morgan fingerprint density at radius 2 is 2.12 bits per heavy atom. The quantitative estimate of drug-likeness (QED) is 0.590. The SMILES string of the molecule is OCCCC1CCC1. The van der Waals surface area contributed by atoms with Crippen LogP contribution in [-0.4, -0.2) is 11.7 Å². The van der Waals surface area contributed by atoms with Gasteiger partial charge in [-0.3, -0.25) is 0 Å². The second-order valence-electron chi connectivity index (χ2n) is 2.66. The van der Waals surface area contributed by atoms with E-state index in [-0.39, 0.29) is 0 Å². The molecule has 1 rings (SSSR count). The molecule has 0 spiro atoms. The zero-order chi connectivity index (χ0) is 5.82. The van der Waals surface area contributed by atoms with Crippen LogP contribution in [0.25, 0.3) is 0 Å². The smallest absolute Gasteiger partial charge is 0.0431 e. The molecule has 0 aromatic heterocycles. The number of aliphatic hydroxyl groups is 1. The van der Waals surface area contributed by atoms with Gasteiger partial charge in [0.05, 0.1) is 0 Å². The second kappa shape index (κ2) is 3.08. The van der Waals surface area contributed by atoms with E-state index >= 15 is 0 Å². The standard InChI is InChI=1S/C7H14O/c8-6-2-5-7-3-1-4-7/h7-8H,1-6H2. The van der Waals surface area contributed by atoms with Crippen LogP contribution in [0, 0.1) is 5.92 Å². The first kappa shape index (κ1) is 6.09. The van der Waals surface area contributed by atoms with E-state index < -0.39 is 0 Å². The monoisotopic (exact) mass is 114 g/mol. The maximum atomic E-state index is 8.43. The predicted molar refractivity (Wildman–Crippen MR) is 33.7 cm³/mol. The van der Waals surface area contributed by atoms with E-state index in [1.54, 1.807) is 0 Å². The molecule has 1 fully saturated rings. The van der Waals surface area contributed by atoms with Crippen molar-refractivity contribution < 1.29 is 5.11 Å². The molecule has 0 aromatic rings. The molecule has 0 radical (unpaired) electrons. The Kier molecular flexibility index (Phi) is 2.34. The van der Waals surface area contributed by atoms with Crippen LogP contribution in [0.5, 0.6) is 0 Å². The average Bonchev–Trinajstić information content (AvgIpc) is 1.63. The van der Waals surface area contributed by atoms with Gasteiger partial charge in [-0.25, -0.2) is 0 Å². The Balaban J connectivity index is 1.86. The molecule has 8 heavy (non-hydrogen) atoms. The normalized spacial score (nSPS) is 20.6. The molecule has 1 nitrogen and oxygen atoms in total. The van der Waals surface area contributed by atoms with E-state index in [0.717, 1.165) is 12.3 Å². The molecule has 1 saturated carbocycles. The highest BCUT2D eigenvalue weighted by atomic mass is 16.2. The molecule has 0 bridgehead atoms. The fourth-order valence-electron chi connectivity index (χ4n) is 1.16. The van der Waals surface area contributed by atoms with Gasteiger partial charge in [0.15, 0.2) is 0 Å². The molecular weight excluding hydrogens is 100 g/mol. The topological polar surface area (TPSA) is 20.2 Å². The maximum absolute atomic E-state index is 8.43. The van der Waals surface area contributed by atoms with Crippen molar-refractivity contribution in [2.24, 2.45) is 5.92 Å². The highest BCUT2D eigenvalue weighted by Gasteiger charge is 2.15. The third-order valence-electron chi connectivity index (χ3n) is 2.00. The number of hydrogen-bond acceptors (Lipinski definition) is 1. The molecule has 1 heteroatoms. The fraction of sp³-hybridized carbons (Fsp3) is 1.00. The number of aliphatic hydroxyl groups excluding tert-OH is 1. The summed E-state index contributed by atoms with van der Waals surface area (Å²) >= 11 is 0. The molecule has 48 valence electrons. The Labute approximate surface area is 50.7 Å². The van der Waals surface area contributed by atoms with E-state index in [1.807, 2.05) is 0 Å². The Bertz CT molecular complexity index is 57.4. The van der Waals surface area contributed by atoms with Gasteiger partial charge in [0.25, 0.3) is 0 Å². The van der Waals surface area contributed by atoms with Crippen molar-refractivity contribution in [2.45, 2.75) is 32.1 Å². The van der Waals surface area contributed by atoms with Gasteiger partial charge in [-0.1, -0.05) is 19.3 Å². The van der Waals surface area contributed by atoms with E-state index in [9.17, 15) is 0 Å². The lowest BCUT2D eigenvalue weighted by atomic mass is 9.82. The van der Waals surface area contributed by atoms with Crippen LogP contribution >= 0.6 is 0 Å². The van der Waals surface area contributed by atoms with Crippen LogP contribution in [0.2, 0.25) is 0 Å². The van der Waals surface area contributed by atoms with Gasteiger partial charge in [-0.2, -0.15) is 0 Å². The zero-order valence-electron chi connectivity index (χ0n) is 5.27. The van der Waals surface area contributed by atoms with Gasteiger partial charge in [0.1, 0.15) is 0 Å². The minimum Gasteiger partial charge on any atom is -0.396 e. The second-order valence-corrected chi connectivity index (χ2v) is 2.66. The zero-order valence-corrected chi connectivity index (χ0v) is 5.27. The molecule has 0 aromatic carbocycles. The van der Waals surface area contributed by atoms with Crippen molar-refractivity contribution in [3.63, 3.8) is 0 Å². The first-order chi connectivity index (χ1) is 3.93. The largest absolute Gasteiger partial charge is 0.396 e. The van der Waals surface area contributed by atoms with Crippen molar-refractivity contribution in [2.75, 3.05) is 6.61 Å². The predicted octanol–water partition coefficient (Wildman–Crippen LogP) is 1.56. The summed E-state index contributed by atoms with van der Waals surface area (Å²) in [6.07, 6.45) is 6.54. The lowest BCUT2D eigenvalue weighted by Gasteiger charge is -2.24. The van der Waals surface area contributed by atoms with Gasteiger partial charge in [-0.05, 0) is 18.8 Å². The lowest BCUT2D eigenvalue weighted by molar-refractivity contribution is 0.235. The van der Waals surface area contributed by atoms with E-state index in [4.69, 9.17) is 5.11 Å². The van der Waals surface area contributed by atoms with Gasteiger partial charge >= 0.3 is 0 Å². The fourth-order valence-corrected chi connectivity index (χ4v) is 1.16. The third kappa shape index (κ3) is 1.48. The van der Waals surface area contributed by atoms with Crippen molar-refractivity contribution in [1.82, 2.24) is 0 Å². The molecule has 0 heterocycles. The van der Waals surface area contributed by atoms with Crippen LogP contribution in [0.4, 0.5) is 0 Å². The van der Waals surface area contributed by atoms with E-state index in [1.165, 1.54) is 25.7 Å². The molecule has 1 N–H and O–H groups in total. The summed E-state index contributed by atoms with van der Waals surface area (Å²) in [5, 5.41) is 8.43. The van der Waals surface area contributed by atoms with Crippen molar-refractivity contribution in [3.8, 4) is 0 Å². The first-order valence-corrected chi connectivity index (χ1v) is 3.54. The van der Waals surface area contributed by atoms with Gasteiger partial charge < -0.3 is 5.11 Å². The third-order valence-corrected chi connectivity index (χ3v) is 2.00. The molecule has 0 saturated heterocycles. The van der Waals surface area contributed by atoms with Crippen molar-refractivity contribution in [3.05, 3.63) is 0 Å². The molecule has 0 unspecified atom stereocenters. The van der Waals surface area contributed by atoms with Gasteiger partial charge in [-0.15, -0.1) is 0 Å². The number of rotatable bonds is 3. The highest BCUT2D eigenvalue weighted by molar-refractivity contribution is 4.68. The maximum Gasteiger partial charge on any atom is 0.0431 e. The molecule has 1 aliphatic carbocycles. The highest BCUT2D eigenvalue weighted by Crippen LogP contribution is 2.29. The van der Waals surface area contributed by atoms with Gasteiger partial charge in [0.2, 0.25) is 0 Å². The van der Waals surface area contributed by atoms with Crippen LogP contribution < -0.4 is 0 Å². The summed E-state index contributed by atoms with van der Waals surface area (Å²) in [5.74, 6) is 0.974. The van der Waals surface area contributed by atoms with E-state index in [2.05, 4.69) is 0 Å². The summed E-state index contributed by atoms with van der Waals surface area (Å²) in [6.45, 7) is 0.385. The van der Waals surface area contributed by atoms with Crippen molar-refractivity contribution >= 4 is 0 Å². The molecular formula is C7H14O. The van der Waals surface area contributed by atoms with Crippen molar-refractivity contribution in [1.29, 1.82) is 0 Å². The van der Waals surface area contributed by atoms with Crippen LogP contribution in [-0.2, 0) is 0 Å².